The number of thioether (sulfide) groups is 2. The average Bonchev–Trinajstić information content (AvgIpc) is 3.23. The van der Waals surface area contributed by atoms with E-state index in [9.17, 15) is 0 Å². The lowest BCUT2D eigenvalue weighted by Crippen LogP contribution is -1.98. The van der Waals surface area contributed by atoms with Crippen molar-refractivity contribution in [2.45, 2.75) is 48.9 Å². The molecular formula is C26H29N3OS2. The van der Waals surface area contributed by atoms with Crippen LogP contribution < -0.4 is 4.74 Å². The van der Waals surface area contributed by atoms with Crippen molar-refractivity contribution in [1.29, 1.82) is 0 Å². The first kappa shape index (κ1) is 22.7. The van der Waals surface area contributed by atoms with Crippen molar-refractivity contribution < 1.29 is 4.74 Å². The van der Waals surface area contributed by atoms with Gasteiger partial charge in [-0.15, -0.1) is 11.8 Å². The molecule has 0 saturated carbocycles. The highest BCUT2D eigenvalue weighted by molar-refractivity contribution is 7.99. The lowest BCUT2D eigenvalue weighted by molar-refractivity contribution is 0.415. The number of ether oxygens (including phenoxy) is 1. The van der Waals surface area contributed by atoms with Crippen LogP contribution >= 0.6 is 23.5 Å². The molecule has 2 aromatic heterocycles. The lowest BCUT2D eigenvalue weighted by atomic mass is 10.1. The van der Waals surface area contributed by atoms with Crippen molar-refractivity contribution >= 4 is 34.6 Å². The number of fused-ring (bicyclic) bond motifs is 1. The van der Waals surface area contributed by atoms with Crippen LogP contribution in [0, 0.1) is 6.92 Å². The second kappa shape index (κ2) is 10.9. The molecule has 2 aromatic carbocycles. The molecule has 0 atom stereocenters. The Morgan fingerprint density at radius 2 is 1.88 bits per heavy atom. The van der Waals surface area contributed by atoms with Gasteiger partial charge < -0.3 is 9.72 Å². The first-order chi connectivity index (χ1) is 15.7. The third kappa shape index (κ3) is 5.67. The molecule has 1 N–H and O–H groups in total. The van der Waals surface area contributed by atoms with Crippen molar-refractivity contribution in [2.75, 3.05) is 12.9 Å². The minimum absolute atomic E-state index is 0.803. The molecule has 0 saturated heterocycles. The van der Waals surface area contributed by atoms with E-state index in [1.165, 1.54) is 28.0 Å². The Kier molecular flexibility index (Phi) is 7.76. The van der Waals surface area contributed by atoms with E-state index in [0.717, 1.165) is 52.0 Å². The quantitative estimate of drug-likeness (QED) is 0.206. The van der Waals surface area contributed by atoms with Crippen molar-refractivity contribution in [3.63, 3.8) is 0 Å². The van der Waals surface area contributed by atoms with Crippen molar-refractivity contribution in [3.05, 3.63) is 77.1 Å². The summed E-state index contributed by atoms with van der Waals surface area (Å²) in [6.45, 7) is 4.35. The van der Waals surface area contributed by atoms with E-state index < -0.39 is 0 Å². The van der Waals surface area contributed by atoms with E-state index >= 15 is 0 Å². The Balaban J connectivity index is 1.37. The van der Waals surface area contributed by atoms with Crippen LogP contribution in [-0.4, -0.2) is 27.8 Å². The van der Waals surface area contributed by atoms with Gasteiger partial charge in [0.25, 0.3) is 0 Å². The fraction of sp³-hybridized carbons (Fsp3) is 0.308. The summed E-state index contributed by atoms with van der Waals surface area (Å²) in [7, 11) is 1.68. The Morgan fingerprint density at radius 1 is 1.03 bits per heavy atom. The molecule has 0 amide bonds. The molecule has 0 radical (unpaired) electrons. The molecule has 4 rings (SSSR count). The number of imidazole rings is 1. The first-order valence-electron chi connectivity index (χ1n) is 11.0. The van der Waals surface area contributed by atoms with E-state index in [0.29, 0.717) is 0 Å². The van der Waals surface area contributed by atoms with E-state index in [2.05, 4.69) is 49.2 Å². The number of rotatable bonds is 10. The predicted molar refractivity (Wildman–Crippen MR) is 136 cm³/mol. The van der Waals surface area contributed by atoms with Crippen LogP contribution in [0.25, 0.3) is 11.0 Å². The van der Waals surface area contributed by atoms with Crippen molar-refractivity contribution in [3.8, 4) is 5.75 Å². The molecule has 6 heteroatoms. The highest BCUT2D eigenvalue weighted by Crippen LogP contribution is 2.30. The standard InChI is InChI=1S/C26H29N3OS2/c1-4-21-24(17-32-26-28-22-12-11-20(30-3)16-23(22)29-26)27-14-13-25(21)31-15-5-6-19-9-7-18(2)8-10-19/h7-14,16H,4-6,15,17H2,1-3H3,(H,28,29). The third-order valence-corrected chi connectivity index (χ3v) is 7.53. The van der Waals surface area contributed by atoms with Gasteiger partial charge in [-0.2, -0.15) is 0 Å². The number of benzene rings is 2. The molecule has 0 aliphatic heterocycles. The second-order valence-electron chi connectivity index (χ2n) is 7.74. The van der Waals surface area contributed by atoms with Crippen LogP contribution in [0.5, 0.6) is 5.75 Å². The van der Waals surface area contributed by atoms with Gasteiger partial charge in [0.2, 0.25) is 0 Å². The van der Waals surface area contributed by atoms with Gasteiger partial charge in [0.05, 0.1) is 23.8 Å². The minimum Gasteiger partial charge on any atom is -0.497 e. The molecule has 32 heavy (non-hydrogen) atoms. The number of aromatic amines is 1. The SMILES string of the molecule is CCc1c(SCCCc2ccc(C)cc2)ccnc1CSc1nc2ccc(OC)cc2[nH]1. The summed E-state index contributed by atoms with van der Waals surface area (Å²) in [4.78, 5) is 14.1. The number of aromatic nitrogens is 3. The number of aryl methyl sites for hydroxylation is 2. The van der Waals surface area contributed by atoms with E-state index in [4.69, 9.17) is 14.7 Å². The van der Waals surface area contributed by atoms with Crippen LogP contribution in [0.4, 0.5) is 0 Å². The van der Waals surface area contributed by atoms with Gasteiger partial charge in [-0.25, -0.2) is 4.98 Å². The second-order valence-corrected chi connectivity index (χ2v) is 9.84. The summed E-state index contributed by atoms with van der Waals surface area (Å²) in [5, 5.41) is 0.910. The third-order valence-electron chi connectivity index (χ3n) is 5.46. The largest absolute Gasteiger partial charge is 0.497 e. The van der Waals surface area contributed by atoms with E-state index in [1.807, 2.05) is 36.2 Å². The lowest BCUT2D eigenvalue weighted by Gasteiger charge is -2.12. The molecule has 0 spiro atoms. The summed E-state index contributed by atoms with van der Waals surface area (Å²) in [6, 6.07) is 17.0. The predicted octanol–water partition coefficient (Wildman–Crippen LogP) is 6.85. The minimum atomic E-state index is 0.803. The molecule has 0 fully saturated rings. The van der Waals surface area contributed by atoms with Crippen LogP contribution in [0.3, 0.4) is 0 Å². The molecule has 4 nitrogen and oxygen atoms in total. The van der Waals surface area contributed by atoms with E-state index in [1.54, 1.807) is 18.9 Å². The summed E-state index contributed by atoms with van der Waals surface area (Å²) >= 11 is 3.65. The van der Waals surface area contributed by atoms with E-state index in [-0.39, 0.29) is 0 Å². The number of pyridine rings is 1. The maximum Gasteiger partial charge on any atom is 0.166 e. The van der Waals surface area contributed by atoms with Gasteiger partial charge in [-0.3, -0.25) is 4.98 Å². The zero-order valence-corrected chi connectivity index (χ0v) is 20.5. The van der Waals surface area contributed by atoms with Crippen molar-refractivity contribution in [1.82, 2.24) is 15.0 Å². The number of nitrogens with one attached hydrogen (secondary N) is 1. The number of hydrogen-bond acceptors (Lipinski definition) is 5. The summed E-state index contributed by atoms with van der Waals surface area (Å²) < 4.78 is 5.31. The molecule has 0 unspecified atom stereocenters. The molecule has 0 aliphatic rings. The zero-order valence-electron chi connectivity index (χ0n) is 18.9. The van der Waals surface area contributed by atoms with Gasteiger partial charge in [0.15, 0.2) is 5.16 Å². The zero-order chi connectivity index (χ0) is 22.3. The molecule has 166 valence electrons. The normalized spacial score (nSPS) is 11.2. The Bertz CT molecular complexity index is 1170. The molecule has 0 bridgehead atoms. The Hall–Kier alpha value is -2.44. The summed E-state index contributed by atoms with van der Waals surface area (Å²) in [5.74, 6) is 2.75. The Labute approximate surface area is 198 Å². The number of nitrogens with zero attached hydrogens (tertiary/aromatic N) is 2. The first-order valence-corrected chi connectivity index (χ1v) is 12.9. The van der Waals surface area contributed by atoms with Crippen LogP contribution in [0.15, 0.2) is 64.8 Å². The number of methoxy groups -OCH3 is 1. The summed E-state index contributed by atoms with van der Waals surface area (Å²) in [6.07, 6.45) is 5.23. The van der Waals surface area contributed by atoms with Crippen LogP contribution in [0.2, 0.25) is 0 Å². The van der Waals surface area contributed by atoms with Gasteiger partial charge in [0, 0.05) is 22.9 Å². The van der Waals surface area contributed by atoms with Gasteiger partial charge >= 0.3 is 0 Å². The molecule has 0 aliphatic carbocycles. The fourth-order valence-corrected chi connectivity index (χ4v) is 5.63. The number of hydrogen-bond donors (Lipinski definition) is 1. The molecular weight excluding hydrogens is 434 g/mol. The average molecular weight is 464 g/mol. The van der Waals surface area contributed by atoms with Crippen LogP contribution in [-0.2, 0) is 18.6 Å². The fourth-order valence-electron chi connectivity index (χ4n) is 3.66. The van der Waals surface area contributed by atoms with Crippen molar-refractivity contribution in [2.24, 2.45) is 0 Å². The van der Waals surface area contributed by atoms with Gasteiger partial charge in [-0.1, -0.05) is 48.5 Å². The topological polar surface area (TPSA) is 50.8 Å². The monoisotopic (exact) mass is 463 g/mol. The maximum absolute atomic E-state index is 5.31. The van der Waals surface area contributed by atoms with Gasteiger partial charge in [0.1, 0.15) is 5.75 Å². The maximum atomic E-state index is 5.31. The number of H-pyrrole nitrogens is 1. The van der Waals surface area contributed by atoms with Crippen LogP contribution in [0.1, 0.15) is 35.7 Å². The van der Waals surface area contributed by atoms with Gasteiger partial charge in [-0.05, 0) is 61.3 Å². The molecule has 2 heterocycles. The molecule has 4 aromatic rings. The highest BCUT2D eigenvalue weighted by Gasteiger charge is 2.11. The summed E-state index contributed by atoms with van der Waals surface area (Å²) in [5.41, 5.74) is 7.20. The smallest absolute Gasteiger partial charge is 0.166 e. The highest BCUT2D eigenvalue weighted by atomic mass is 32.2. The Morgan fingerprint density at radius 3 is 2.66 bits per heavy atom.